The average molecular weight is 340 g/mol. The maximum atomic E-state index is 12.7. The topological polar surface area (TPSA) is 79.6 Å². The summed E-state index contributed by atoms with van der Waals surface area (Å²) in [6.07, 6.45) is 3.02. The van der Waals surface area contributed by atoms with Gasteiger partial charge in [-0.05, 0) is 31.0 Å². The van der Waals surface area contributed by atoms with Crippen LogP contribution in [0.2, 0.25) is 0 Å². The van der Waals surface area contributed by atoms with E-state index in [1.54, 1.807) is 0 Å². The van der Waals surface area contributed by atoms with Crippen molar-refractivity contribution < 1.29 is 9.72 Å². The quantitative estimate of drug-likeness (QED) is 0.617. The number of hydrogen-bond donors (Lipinski definition) is 0. The molecule has 0 N–H and O–H groups in total. The van der Waals surface area contributed by atoms with E-state index in [-0.39, 0.29) is 23.3 Å². The molecule has 0 saturated carbocycles. The second kappa shape index (κ2) is 7.29. The smallest absolute Gasteiger partial charge is 0.287 e. The van der Waals surface area contributed by atoms with Crippen LogP contribution in [0, 0.1) is 10.1 Å². The molecule has 1 aromatic heterocycles. The lowest BCUT2D eigenvalue weighted by atomic mass is 10.2. The molecule has 1 atom stereocenters. The molecule has 2 heterocycles. The van der Waals surface area contributed by atoms with Crippen LogP contribution in [0.3, 0.4) is 0 Å². The number of carbonyl (C=O) groups excluding carboxylic acids is 1. The zero-order valence-electron chi connectivity index (χ0n) is 14.0. The normalized spacial score (nSPS) is 16.7. The monoisotopic (exact) mass is 340 g/mol. The minimum atomic E-state index is -0.519. The summed E-state index contributed by atoms with van der Waals surface area (Å²) < 4.78 is 0. The van der Waals surface area contributed by atoms with Crippen molar-refractivity contribution in [2.24, 2.45) is 0 Å². The number of likely N-dealkylation sites (tertiary alicyclic amines) is 1. The second-order valence-corrected chi connectivity index (χ2v) is 6.17. The average Bonchev–Trinajstić information content (AvgIpc) is 3.10. The number of carbonyl (C=O) groups is 1. The van der Waals surface area contributed by atoms with Gasteiger partial charge in [-0.1, -0.05) is 18.2 Å². The molecule has 130 valence electrons. The molecule has 0 radical (unpaired) electrons. The van der Waals surface area contributed by atoms with Crippen molar-refractivity contribution in [3.63, 3.8) is 0 Å². The SMILES string of the molecule is CN(C[C@@H]1CCCN1C(=O)c1ccc([N+](=O)[O-])cn1)c1ccccc1. The Morgan fingerprint density at radius 3 is 2.72 bits per heavy atom. The number of likely N-dealkylation sites (N-methyl/N-ethyl adjacent to an activating group) is 1. The predicted molar refractivity (Wildman–Crippen MR) is 94.7 cm³/mol. The summed E-state index contributed by atoms with van der Waals surface area (Å²) in [6.45, 7) is 1.42. The number of amides is 1. The molecule has 0 unspecified atom stereocenters. The lowest BCUT2D eigenvalue weighted by Gasteiger charge is -2.29. The molecule has 1 fully saturated rings. The fourth-order valence-electron chi connectivity index (χ4n) is 3.16. The highest BCUT2D eigenvalue weighted by molar-refractivity contribution is 5.92. The van der Waals surface area contributed by atoms with Gasteiger partial charge in [0.1, 0.15) is 11.9 Å². The van der Waals surface area contributed by atoms with E-state index in [2.05, 4.69) is 9.88 Å². The summed E-state index contributed by atoms with van der Waals surface area (Å²) >= 11 is 0. The van der Waals surface area contributed by atoms with E-state index in [0.717, 1.165) is 31.3 Å². The van der Waals surface area contributed by atoms with Gasteiger partial charge in [0.25, 0.3) is 11.6 Å². The highest BCUT2D eigenvalue weighted by Gasteiger charge is 2.31. The molecule has 1 aliphatic heterocycles. The van der Waals surface area contributed by atoms with Crippen molar-refractivity contribution in [1.29, 1.82) is 0 Å². The standard InChI is InChI=1S/C18H20N4O3/c1-20(14-6-3-2-4-7-14)13-16-8-5-11-21(16)18(23)17-10-9-15(12-19-17)22(24)25/h2-4,6-7,9-10,12,16H,5,8,11,13H2,1H3/t16-/m0/s1. The lowest BCUT2D eigenvalue weighted by Crippen LogP contribution is -2.42. The number of nitrogens with zero attached hydrogens (tertiary/aromatic N) is 4. The van der Waals surface area contributed by atoms with Crippen LogP contribution in [0.25, 0.3) is 0 Å². The van der Waals surface area contributed by atoms with Gasteiger partial charge in [-0.3, -0.25) is 14.9 Å². The largest absolute Gasteiger partial charge is 0.373 e. The van der Waals surface area contributed by atoms with Crippen LogP contribution in [0.5, 0.6) is 0 Å². The Morgan fingerprint density at radius 1 is 1.32 bits per heavy atom. The van der Waals surface area contributed by atoms with Gasteiger partial charge in [-0.15, -0.1) is 0 Å². The molecule has 0 spiro atoms. The van der Waals surface area contributed by atoms with Crippen LogP contribution in [0.1, 0.15) is 23.3 Å². The molecular formula is C18H20N4O3. The molecule has 0 bridgehead atoms. The lowest BCUT2D eigenvalue weighted by molar-refractivity contribution is -0.385. The minimum absolute atomic E-state index is 0.106. The molecule has 3 rings (SSSR count). The first-order valence-electron chi connectivity index (χ1n) is 8.24. The Bertz CT molecular complexity index is 749. The maximum Gasteiger partial charge on any atom is 0.287 e. The number of nitro groups is 1. The number of rotatable bonds is 5. The molecular weight excluding hydrogens is 320 g/mol. The summed E-state index contributed by atoms with van der Waals surface area (Å²) in [5, 5.41) is 10.7. The summed E-state index contributed by atoms with van der Waals surface area (Å²) in [6, 6.07) is 12.9. The van der Waals surface area contributed by atoms with E-state index in [0.29, 0.717) is 6.54 Å². The van der Waals surface area contributed by atoms with Crippen LogP contribution in [0.15, 0.2) is 48.7 Å². The van der Waals surface area contributed by atoms with Crippen molar-refractivity contribution in [2.75, 3.05) is 25.0 Å². The van der Waals surface area contributed by atoms with Crippen LogP contribution in [-0.4, -0.2) is 46.9 Å². The zero-order chi connectivity index (χ0) is 17.8. The minimum Gasteiger partial charge on any atom is -0.373 e. The van der Waals surface area contributed by atoms with Crippen molar-refractivity contribution in [3.05, 3.63) is 64.5 Å². The Kier molecular flexibility index (Phi) is 4.92. The van der Waals surface area contributed by atoms with Gasteiger partial charge in [0.2, 0.25) is 0 Å². The third kappa shape index (κ3) is 3.76. The summed E-state index contributed by atoms with van der Waals surface area (Å²) in [7, 11) is 2.01. The van der Waals surface area contributed by atoms with Gasteiger partial charge in [0, 0.05) is 37.9 Å². The highest BCUT2D eigenvalue weighted by atomic mass is 16.6. The van der Waals surface area contributed by atoms with Gasteiger partial charge >= 0.3 is 0 Å². The first-order chi connectivity index (χ1) is 12.1. The van der Waals surface area contributed by atoms with Gasteiger partial charge in [0.15, 0.2) is 0 Å². The van der Waals surface area contributed by atoms with Crippen molar-refractivity contribution in [3.8, 4) is 0 Å². The van der Waals surface area contributed by atoms with Gasteiger partial charge in [-0.25, -0.2) is 4.98 Å². The van der Waals surface area contributed by atoms with Crippen molar-refractivity contribution >= 4 is 17.3 Å². The highest BCUT2D eigenvalue weighted by Crippen LogP contribution is 2.23. The van der Waals surface area contributed by atoms with Crippen LogP contribution in [-0.2, 0) is 0 Å². The van der Waals surface area contributed by atoms with Crippen molar-refractivity contribution in [1.82, 2.24) is 9.88 Å². The van der Waals surface area contributed by atoms with Crippen LogP contribution >= 0.6 is 0 Å². The predicted octanol–water partition coefficient (Wildman–Crippen LogP) is 2.73. The third-order valence-corrected chi connectivity index (χ3v) is 4.50. The van der Waals surface area contributed by atoms with E-state index in [9.17, 15) is 14.9 Å². The number of hydrogen-bond acceptors (Lipinski definition) is 5. The van der Waals surface area contributed by atoms with Crippen LogP contribution in [0.4, 0.5) is 11.4 Å². The summed E-state index contributed by atoms with van der Waals surface area (Å²) in [5.74, 6) is -0.168. The summed E-state index contributed by atoms with van der Waals surface area (Å²) in [5.41, 5.74) is 1.24. The first kappa shape index (κ1) is 16.9. The number of pyridine rings is 1. The maximum absolute atomic E-state index is 12.7. The Labute approximate surface area is 146 Å². The summed E-state index contributed by atoms with van der Waals surface area (Å²) in [4.78, 5) is 30.9. The molecule has 1 amide bonds. The van der Waals surface area contributed by atoms with E-state index < -0.39 is 4.92 Å². The molecule has 1 aromatic carbocycles. The molecule has 1 saturated heterocycles. The molecule has 2 aromatic rings. The molecule has 25 heavy (non-hydrogen) atoms. The number of benzene rings is 1. The Morgan fingerprint density at radius 2 is 2.08 bits per heavy atom. The van der Waals surface area contributed by atoms with Gasteiger partial charge in [0.05, 0.1) is 4.92 Å². The molecule has 1 aliphatic rings. The van der Waals surface area contributed by atoms with Crippen LogP contribution < -0.4 is 4.90 Å². The Balaban J connectivity index is 1.70. The second-order valence-electron chi connectivity index (χ2n) is 6.17. The van der Waals surface area contributed by atoms with E-state index in [4.69, 9.17) is 0 Å². The van der Waals surface area contributed by atoms with Gasteiger partial charge in [-0.2, -0.15) is 0 Å². The van der Waals surface area contributed by atoms with E-state index in [1.165, 1.54) is 12.1 Å². The molecule has 7 heteroatoms. The van der Waals surface area contributed by atoms with E-state index in [1.807, 2.05) is 42.3 Å². The molecule has 0 aliphatic carbocycles. The fraction of sp³-hybridized carbons (Fsp3) is 0.333. The van der Waals surface area contributed by atoms with Crippen molar-refractivity contribution in [2.45, 2.75) is 18.9 Å². The first-order valence-corrected chi connectivity index (χ1v) is 8.24. The third-order valence-electron chi connectivity index (χ3n) is 4.50. The molecule has 7 nitrogen and oxygen atoms in total. The number of para-hydroxylation sites is 1. The zero-order valence-corrected chi connectivity index (χ0v) is 14.0. The number of aromatic nitrogens is 1. The van der Waals surface area contributed by atoms with Gasteiger partial charge < -0.3 is 9.80 Å². The van der Waals surface area contributed by atoms with E-state index >= 15 is 0 Å². The Hall–Kier alpha value is -2.96. The number of anilines is 1. The fourth-order valence-corrected chi connectivity index (χ4v) is 3.16.